The number of hydrogen-bond donors (Lipinski definition) is 2. The highest BCUT2D eigenvalue weighted by molar-refractivity contribution is 6.33. The van der Waals surface area contributed by atoms with E-state index >= 15 is 0 Å². The van der Waals surface area contributed by atoms with Crippen LogP contribution >= 0.6 is 23.2 Å². The van der Waals surface area contributed by atoms with Crippen molar-refractivity contribution in [3.05, 3.63) is 62.9 Å². The number of amides is 1. The van der Waals surface area contributed by atoms with Crippen molar-refractivity contribution in [3.8, 4) is 5.75 Å². The molecule has 0 atom stereocenters. The maximum Gasteiger partial charge on any atom is 0.408 e. The van der Waals surface area contributed by atoms with Crippen LogP contribution in [-0.2, 0) is 11.3 Å². The van der Waals surface area contributed by atoms with Crippen LogP contribution in [-0.4, -0.2) is 35.0 Å². The second-order valence-electron chi connectivity index (χ2n) is 6.14. The fourth-order valence-corrected chi connectivity index (χ4v) is 2.52. The summed E-state index contributed by atoms with van der Waals surface area (Å²) in [5.41, 5.74) is -0.812. The van der Waals surface area contributed by atoms with E-state index in [2.05, 4.69) is 22.3 Å². The van der Waals surface area contributed by atoms with E-state index in [4.69, 9.17) is 27.9 Å². The summed E-state index contributed by atoms with van der Waals surface area (Å²) >= 11 is 11.4. The van der Waals surface area contributed by atoms with E-state index in [1.807, 2.05) is 0 Å². The minimum atomic E-state index is -4.62. The summed E-state index contributed by atoms with van der Waals surface area (Å²) < 4.78 is 55.9. The fourth-order valence-electron chi connectivity index (χ4n) is 2.21. The summed E-state index contributed by atoms with van der Waals surface area (Å²) in [7, 11) is 0. The molecule has 0 unspecified atom stereocenters. The SMILES string of the molecule is C=C(CCNC(=O)COc1ccc(Cl)c(F)c1)Nc1cnn(CC(F)(F)F)c(=O)c1Cl. The molecule has 0 aliphatic heterocycles. The minimum Gasteiger partial charge on any atom is -0.484 e. The maximum absolute atomic E-state index is 13.3. The smallest absolute Gasteiger partial charge is 0.408 e. The molecule has 1 aromatic heterocycles. The van der Waals surface area contributed by atoms with Gasteiger partial charge in [0.15, 0.2) is 6.61 Å². The minimum absolute atomic E-state index is 0.0190. The third-order valence-electron chi connectivity index (χ3n) is 3.64. The van der Waals surface area contributed by atoms with E-state index in [-0.39, 0.29) is 40.7 Å². The molecule has 2 N–H and O–H groups in total. The number of aromatic nitrogens is 2. The molecule has 1 aromatic carbocycles. The summed E-state index contributed by atoms with van der Waals surface area (Å²) in [6.07, 6.45) is -3.45. The molecular formula is C18H16Cl2F4N4O3. The van der Waals surface area contributed by atoms with Crippen LogP contribution < -0.4 is 20.9 Å². The number of anilines is 1. The molecule has 0 aliphatic carbocycles. The van der Waals surface area contributed by atoms with Gasteiger partial charge in [-0.3, -0.25) is 9.59 Å². The molecule has 7 nitrogen and oxygen atoms in total. The molecule has 0 aliphatic rings. The first-order valence-electron chi connectivity index (χ1n) is 8.58. The highest BCUT2D eigenvalue weighted by Gasteiger charge is 2.29. The van der Waals surface area contributed by atoms with Crippen molar-refractivity contribution in [2.45, 2.75) is 19.1 Å². The number of nitrogens with one attached hydrogen (secondary N) is 2. The van der Waals surface area contributed by atoms with Crippen LogP contribution in [0.15, 0.2) is 41.5 Å². The molecule has 0 saturated carbocycles. The van der Waals surface area contributed by atoms with Crippen LogP contribution in [0.4, 0.5) is 23.2 Å². The molecule has 0 spiro atoms. The molecular weight excluding hydrogens is 467 g/mol. The molecule has 0 fully saturated rings. The molecule has 13 heteroatoms. The van der Waals surface area contributed by atoms with Gasteiger partial charge in [0.25, 0.3) is 11.5 Å². The Balaban J connectivity index is 1.80. The number of rotatable bonds is 9. The van der Waals surface area contributed by atoms with Crippen LogP contribution in [0, 0.1) is 5.82 Å². The topological polar surface area (TPSA) is 85.2 Å². The number of carbonyl (C=O) groups is 1. The fraction of sp³-hybridized carbons (Fsp3) is 0.278. The summed E-state index contributed by atoms with van der Waals surface area (Å²) in [6.45, 7) is 1.88. The molecule has 2 aromatic rings. The quantitative estimate of drug-likeness (QED) is 0.531. The predicted octanol–water partition coefficient (Wildman–Crippen LogP) is 3.76. The Morgan fingerprint density at radius 1 is 1.29 bits per heavy atom. The lowest BCUT2D eigenvalue weighted by molar-refractivity contribution is -0.143. The van der Waals surface area contributed by atoms with Gasteiger partial charge in [0.2, 0.25) is 0 Å². The van der Waals surface area contributed by atoms with Crippen LogP contribution in [0.1, 0.15) is 6.42 Å². The standard InChI is InChI=1S/C18H16Cl2F4N4O3/c1-10(27-14-7-26-28(9-18(22,23)24)17(30)16(14)20)4-5-25-15(29)8-31-11-2-3-12(19)13(21)6-11/h2-3,6-7,27H,1,4-5,8-9H2,(H,25,29). The molecule has 2 rings (SSSR count). The van der Waals surface area contributed by atoms with E-state index in [0.29, 0.717) is 5.70 Å². The first-order chi connectivity index (χ1) is 14.5. The monoisotopic (exact) mass is 482 g/mol. The van der Waals surface area contributed by atoms with Gasteiger partial charge in [-0.25, -0.2) is 9.07 Å². The molecule has 1 amide bonds. The van der Waals surface area contributed by atoms with Gasteiger partial charge in [-0.1, -0.05) is 29.8 Å². The summed E-state index contributed by atoms with van der Waals surface area (Å²) in [4.78, 5) is 23.7. The van der Waals surface area contributed by atoms with Crippen molar-refractivity contribution in [1.82, 2.24) is 15.1 Å². The van der Waals surface area contributed by atoms with Crippen molar-refractivity contribution < 1.29 is 27.1 Å². The highest BCUT2D eigenvalue weighted by Crippen LogP contribution is 2.21. The average Bonchev–Trinajstić information content (AvgIpc) is 2.68. The molecule has 31 heavy (non-hydrogen) atoms. The van der Waals surface area contributed by atoms with Crippen molar-refractivity contribution in [2.75, 3.05) is 18.5 Å². The van der Waals surface area contributed by atoms with E-state index in [9.17, 15) is 27.2 Å². The number of ether oxygens (including phenoxy) is 1. The highest BCUT2D eigenvalue weighted by atomic mass is 35.5. The maximum atomic E-state index is 13.3. The van der Waals surface area contributed by atoms with Gasteiger partial charge in [-0.15, -0.1) is 0 Å². The summed E-state index contributed by atoms with van der Waals surface area (Å²) in [5, 5.41) is 8.07. The second kappa shape index (κ2) is 10.5. The first-order valence-corrected chi connectivity index (χ1v) is 9.33. The zero-order valence-corrected chi connectivity index (χ0v) is 17.2. The normalized spacial score (nSPS) is 11.2. The van der Waals surface area contributed by atoms with Gasteiger partial charge < -0.3 is 15.4 Å². The van der Waals surface area contributed by atoms with Gasteiger partial charge in [-0.2, -0.15) is 18.3 Å². The Kier molecular flexibility index (Phi) is 8.28. The average molecular weight is 483 g/mol. The second-order valence-corrected chi connectivity index (χ2v) is 6.93. The number of benzene rings is 1. The van der Waals surface area contributed by atoms with Crippen molar-refractivity contribution >= 4 is 34.8 Å². The number of hydrogen-bond acceptors (Lipinski definition) is 5. The third kappa shape index (κ3) is 7.76. The Morgan fingerprint density at radius 2 is 2.00 bits per heavy atom. The Morgan fingerprint density at radius 3 is 2.65 bits per heavy atom. The van der Waals surface area contributed by atoms with Crippen LogP contribution in [0.2, 0.25) is 10.0 Å². The lowest BCUT2D eigenvalue weighted by atomic mass is 10.3. The number of carbonyl (C=O) groups excluding carboxylic acids is 1. The Bertz CT molecular complexity index is 1030. The largest absolute Gasteiger partial charge is 0.484 e. The Hall–Kier alpha value is -2.79. The predicted molar refractivity (Wildman–Crippen MR) is 107 cm³/mol. The number of nitrogens with zero attached hydrogens (tertiary/aromatic N) is 2. The summed E-state index contributed by atoms with van der Waals surface area (Å²) in [6, 6.07) is 3.74. The molecule has 0 radical (unpaired) electrons. The molecule has 168 valence electrons. The van der Waals surface area contributed by atoms with E-state index in [1.165, 1.54) is 12.1 Å². The van der Waals surface area contributed by atoms with Gasteiger partial charge in [0.1, 0.15) is 23.1 Å². The number of halogens is 6. The lowest BCUT2D eigenvalue weighted by Gasteiger charge is -2.13. The zero-order valence-electron chi connectivity index (χ0n) is 15.7. The summed E-state index contributed by atoms with van der Waals surface area (Å²) in [5.74, 6) is -1.04. The van der Waals surface area contributed by atoms with E-state index < -0.39 is 35.0 Å². The van der Waals surface area contributed by atoms with Crippen LogP contribution in [0.3, 0.4) is 0 Å². The lowest BCUT2D eigenvalue weighted by Crippen LogP contribution is -2.31. The van der Waals surface area contributed by atoms with Crippen molar-refractivity contribution in [2.24, 2.45) is 0 Å². The van der Waals surface area contributed by atoms with Gasteiger partial charge in [0.05, 0.1) is 16.9 Å². The molecule has 1 heterocycles. The van der Waals surface area contributed by atoms with Gasteiger partial charge in [0, 0.05) is 24.7 Å². The van der Waals surface area contributed by atoms with Crippen LogP contribution in [0.25, 0.3) is 0 Å². The Labute approximate surface area is 183 Å². The molecule has 0 bridgehead atoms. The first kappa shape index (κ1) is 24.5. The van der Waals surface area contributed by atoms with Gasteiger partial charge in [-0.05, 0) is 12.1 Å². The van der Waals surface area contributed by atoms with E-state index in [1.54, 1.807) is 0 Å². The van der Waals surface area contributed by atoms with Crippen molar-refractivity contribution in [3.63, 3.8) is 0 Å². The van der Waals surface area contributed by atoms with E-state index in [0.717, 1.165) is 12.3 Å². The number of alkyl halides is 3. The van der Waals surface area contributed by atoms with Crippen LogP contribution in [0.5, 0.6) is 5.75 Å². The zero-order chi connectivity index (χ0) is 23.2. The molecule has 0 saturated heterocycles. The van der Waals surface area contributed by atoms with Crippen molar-refractivity contribution in [1.29, 1.82) is 0 Å². The van der Waals surface area contributed by atoms with Gasteiger partial charge >= 0.3 is 6.18 Å². The third-order valence-corrected chi connectivity index (χ3v) is 4.31.